The van der Waals surface area contributed by atoms with Crippen molar-refractivity contribution < 1.29 is 4.79 Å². The first kappa shape index (κ1) is 15.6. The number of carbonyl (C=O) groups excluding carboxylic acids is 1. The molecule has 1 saturated carbocycles. The van der Waals surface area contributed by atoms with Crippen molar-refractivity contribution in [1.29, 1.82) is 0 Å². The summed E-state index contributed by atoms with van der Waals surface area (Å²) in [6, 6.07) is 2.51. The van der Waals surface area contributed by atoms with Gasteiger partial charge in [-0.2, -0.15) is 0 Å². The second-order valence-corrected chi connectivity index (χ2v) is 7.29. The normalized spacial score (nSPS) is 24.1. The smallest absolute Gasteiger partial charge is 0.160 e. The maximum absolute atomic E-state index is 11.8. The lowest BCUT2D eigenvalue weighted by Gasteiger charge is -2.37. The van der Waals surface area contributed by atoms with Gasteiger partial charge in [0.2, 0.25) is 0 Å². The van der Waals surface area contributed by atoms with E-state index in [1.807, 2.05) is 6.08 Å². The topological polar surface area (TPSA) is 47.8 Å². The second-order valence-electron chi connectivity index (χ2n) is 7.29. The number of rotatable bonds is 2. The molecule has 2 aliphatic carbocycles. The van der Waals surface area contributed by atoms with Crippen LogP contribution in [-0.2, 0) is 11.2 Å². The Kier molecular flexibility index (Phi) is 3.78. The summed E-state index contributed by atoms with van der Waals surface area (Å²) in [6.45, 7) is 6.35. The standard InChI is InChI=1S/C20H25N3O/c1-4-18-22-19-12(2)10-13(3)21-20(19)23(18)17-7-5-6-14-11-15(24)8-9-16(14)17/h10-11,16-17H,4-9H2,1-3H3. The van der Waals surface area contributed by atoms with Crippen molar-refractivity contribution in [2.24, 2.45) is 5.92 Å². The number of hydrogen-bond donors (Lipinski definition) is 0. The molecule has 0 aliphatic heterocycles. The van der Waals surface area contributed by atoms with Crippen molar-refractivity contribution in [2.75, 3.05) is 0 Å². The van der Waals surface area contributed by atoms with Gasteiger partial charge in [0.15, 0.2) is 11.4 Å². The number of aryl methyl sites for hydroxylation is 3. The van der Waals surface area contributed by atoms with Gasteiger partial charge in [-0.3, -0.25) is 4.79 Å². The summed E-state index contributed by atoms with van der Waals surface area (Å²) >= 11 is 0. The average molecular weight is 323 g/mol. The molecule has 0 spiro atoms. The SMILES string of the molecule is CCc1nc2c(C)cc(C)nc2n1C1CCCC2=CC(=O)CCC21. The second kappa shape index (κ2) is 5.83. The lowest BCUT2D eigenvalue weighted by Crippen LogP contribution is -2.29. The molecule has 0 aromatic carbocycles. The maximum atomic E-state index is 11.8. The molecule has 4 heteroatoms. The van der Waals surface area contributed by atoms with Crippen LogP contribution in [0.4, 0.5) is 0 Å². The van der Waals surface area contributed by atoms with Gasteiger partial charge in [0.05, 0.1) is 0 Å². The Balaban J connectivity index is 1.89. The molecular weight excluding hydrogens is 298 g/mol. The Hall–Kier alpha value is -1.97. The third kappa shape index (κ3) is 2.40. The monoisotopic (exact) mass is 323 g/mol. The summed E-state index contributed by atoms with van der Waals surface area (Å²) in [7, 11) is 0. The van der Waals surface area contributed by atoms with Crippen LogP contribution in [0.25, 0.3) is 11.2 Å². The van der Waals surface area contributed by atoms with Crippen molar-refractivity contribution in [2.45, 2.75) is 65.3 Å². The first-order valence-corrected chi connectivity index (χ1v) is 9.16. The number of carbonyl (C=O) groups is 1. The summed E-state index contributed by atoms with van der Waals surface area (Å²) in [4.78, 5) is 21.6. The van der Waals surface area contributed by atoms with E-state index in [-0.39, 0.29) is 0 Å². The van der Waals surface area contributed by atoms with Gasteiger partial charge in [0.25, 0.3) is 0 Å². The van der Waals surface area contributed by atoms with E-state index < -0.39 is 0 Å². The Bertz CT molecular complexity index is 846. The van der Waals surface area contributed by atoms with Crippen molar-refractivity contribution in [3.63, 3.8) is 0 Å². The van der Waals surface area contributed by atoms with Crippen LogP contribution in [0.15, 0.2) is 17.7 Å². The molecule has 0 radical (unpaired) electrons. The minimum Gasteiger partial charge on any atom is -0.309 e. The molecule has 2 atom stereocenters. The van der Waals surface area contributed by atoms with Crippen LogP contribution in [-0.4, -0.2) is 20.3 Å². The highest BCUT2D eigenvalue weighted by atomic mass is 16.1. The van der Waals surface area contributed by atoms with E-state index in [1.165, 1.54) is 11.1 Å². The molecule has 126 valence electrons. The van der Waals surface area contributed by atoms with Crippen molar-refractivity contribution >= 4 is 16.9 Å². The fourth-order valence-corrected chi connectivity index (χ4v) is 4.61. The van der Waals surface area contributed by atoms with Crippen molar-refractivity contribution in [1.82, 2.24) is 14.5 Å². The van der Waals surface area contributed by atoms with E-state index in [0.29, 0.717) is 24.2 Å². The summed E-state index contributed by atoms with van der Waals surface area (Å²) in [5.74, 6) is 1.91. The maximum Gasteiger partial charge on any atom is 0.160 e. The molecule has 2 aromatic heterocycles. The molecular formula is C20H25N3O. The quantitative estimate of drug-likeness (QED) is 0.830. The Morgan fingerprint density at radius 1 is 1.21 bits per heavy atom. The van der Waals surface area contributed by atoms with Crippen LogP contribution in [0.3, 0.4) is 0 Å². The zero-order valence-corrected chi connectivity index (χ0v) is 14.8. The number of hydrogen-bond acceptors (Lipinski definition) is 3. The minimum absolute atomic E-state index is 0.304. The molecule has 2 aromatic rings. The van der Waals surface area contributed by atoms with E-state index >= 15 is 0 Å². The van der Waals surface area contributed by atoms with Crippen LogP contribution >= 0.6 is 0 Å². The predicted molar refractivity (Wildman–Crippen MR) is 95.1 cm³/mol. The molecule has 1 fully saturated rings. The Labute approximate surface area is 143 Å². The zero-order chi connectivity index (χ0) is 16.8. The molecule has 2 aliphatic rings. The first-order chi connectivity index (χ1) is 11.6. The molecule has 24 heavy (non-hydrogen) atoms. The first-order valence-electron chi connectivity index (χ1n) is 9.16. The van der Waals surface area contributed by atoms with E-state index in [4.69, 9.17) is 9.97 Å². The molecule has 0 amide bonds. The van der Waals surface area contributed by atoms with Gasteiger partial charge in [-0.15, -0.1) is 0 Å². The van der Waals surface area contributed by atoms with Crippen molar-refractivity contribution in [3.8, 4) is 0 Å². The van der Waals surface area contributed by atoms with Crippen LogP contribution in [0, 0.1) is 19.8 Å². The fourth-order valence-electron chi connectivity index (χ4n) is 4.61. The van der Waals surface area contributed by atoms with Gasteiger partial charge >= 0.3 is 0 Å². The summed E-state index contributed by atoms with van der Waals surface area (Å²) in [5.41, 5.74) is 5.69. The largest absolute Gasteiger partial charge is 0.309 e. The number of nitrogens with zero attached hydrogens (tertiary/aromatic N) is 3. The highest BCUT2D eigenvalue weighted by Crippen LogP contribution is 2.44. The minimum atomic E-state index is 0.304. The van der Waals surface area contributed by atoms with Crippen molar-refractivity contribution in [3.05, 3.63) is 34.8 Å². The number of aromatic nitrogens is 3. The molecule has 2 heterocycles. The van der Waals surface area contributed by atoms with Gasteiger partial charge < -0.3 is 4.57 Å². The lowest BCUT2D eigenvalue weighted by atomic mass is 9.74. The summed E-state index contributed by atoms with van der Waals surface area (Å²) in [6.07, 6.45) is 7.88. The van der Waals surface area contributed by atoms with Crippen LogP contribution in [0.2, 0.25) is 0 Å². The third-order valence-corrected chi connectivity index (χ3v) is 5.64. The molecule has 0 N–H and O–H groups in total. The third-order valence-electron chi connectivity index (χ3n) is 5.64. The summed E-state index contributed by atoms with van der Waals surface area (Å²) < 4.78 is 2.41. The van der Waals surface area contributed by atoms with Crippen LogP contribution in [0.5, 0.6) is 0 Å². The summed E-state index contributed by atoms with van der Waals surface area (Å²) in [5, 5.41) is 0. The molecule has 0 bridgehead atoms. The van der Waals surface area contributed by atoms with Gasteiger partial charge in [-0.05, 0) is 57.2 Å². The molecule has 4 rings (SSSR count). The zero-order valence-electron chi connectivity index (χ0n) is 14.8. The van der Waals surface area contributed by atoms with E-state index in [1.54, 1.807) is 0 Å². The van der Waals surface area contributed by atoms with Gasteiger partial charge in [-0.25, -0.2) is 9.97 Å². The van der Waals surface area contributed by atoms with Crippen LogP contribution in [0.1, 0.15) is 62.2 Å². The lowest BCUT2D eigenvalue weighted by molar-refractivity contribution is -0.115. The van der Waals surface area contributed by atoms with E-state index in [2.05, 4.69) is 31.4 Å². The van der Waals surface area contributed by atoms with E-state index in [0.717, 1.165) is 54.8 Å². The molecule has 4 nitrogen and oxygen atoms in total. The highest BCUT2D eigenvalue weighted by molar-refractivity contribution is 5.91. The molecule has 0 saturated heterocycles. The van der Waals surface area contributed by atoms with Gasteiger partial charge in [0.1, 0.15) is 11.3 Å². The Morgan fingerprint density at radius 2 is 2.04 bits per heavy atom. The Morgan fingerprint density at radius 3 is 2.83 bits per heavy atom. The molecule has 2 unspecified atom stereocenters. The van der Waals surface area contributed by atoms with E-state index in [9.17, 15) is 4.79 Å². The van der Waals surface area contributed by atoms with Crippen LogP contribution < -0.4 is 0 Å². The number of ketones is 1. The number of pyridine rings is 1. The number of imidazole rings is 1. The highest BCUT2D eigenvalue weighted by Gasteiger charge is 2.35. The average Bonchev–Trinajstić information content (AvgIpc) is 2.92. The fraction of sp³-hybridized carbons (Fsp3) is 0.550. The van der Waals surface area contributed by atoms with Gasteiger partial charge in [-0.1, -0.05) is 12.5 Å². The van der Waals surface area contributed by atoms with Gasteiger partial charge in [0, 0.05) is 30.5 Å². The number of fused-ring (bicyclic) bond motifs is 2. The number of allylic oxidation sites excluding steroid dienone is 2. The predicted octanol–water partition coefficient (Wildman–Crippen LogP) is 4.24.